The lowest BCUT2D eigenvalue weighted by Crippen LogP contribution is -2.18. The first-order valence-electron chi connectivity index (χ1n) is 6.06. The smallest absolute Gasteiger partial charge is 0.265 e. The summed E-state index contributed by atoms with van der Waals surface area (Å²) in [5.41, 5.74) is 0.794. The van der Waals surface area contributed by atoms with E-state index in [0.717, 1.165) is 50.4 Å². The minimum absolute atomic E-state index is 0.0719. The molecule has 2 rings (SSSR count). The lowest BCUT2D eigenvalue weighted by atomic mass is 10.0. The zero-order valence-electron chi connectivity index (χ0n) is 9.96. The predicted octanol–water partition coefficient (Wildman–Crippen LogP) is 2.06. The van der Waals surface area contributed by atoms with Gasteiger partial charge in [-0.3, -0.25) is 4.79 Å². The summed E-state index contributed by atoms with van der Waals surface area (Å²) in [6.45, 7) is 3.69. The molecule has 5 heteroatoms. The van der Waals surface area contributed by atoms with Gasteiger partial charge in [0, 0.05) is 19.6 Å². The number of nitrogens with zero attached hydrogens (tertiary/aromatic N) is 1. The standard InChI is InChI=1S/C12H17BrN2O2/c1-2-3-9-11(13)12(16)15-10(14-9)6-8-4-5-17-7-8/h8H,2-7H2,1H3,(H,14,15,16). The molecule has 1 fully saturated rings. The normalized spacial score (nSPS) is 19.8. The zero-order valence-corrected chi connectivity index (χ0v) is 11.5. The first kappa shape index (κ1) is 12.8. The van der Waals surface area contributed by atoms with Crippen molar-refractivity contribution in [1.29, 1.82) is 0 Å². The molecule has 0 aromatic carbocycles. The minimum Gasteiger partial charge on any atom is -0.381 e. The summed E-state index contributed by atoms with van der Waals surface area (Å²) < 4.78 is 5.91. The van der Waals surface area contributed by atoms with Crippen molar-refractivity contribution in [2.75, 3.05) is 13.2 Å². The summed E-state index contributed by atoms with van der Waals surface area (Å²) in [6, 6.07) is 0. The van der Waals surface area contributed by atoms with Crippen LogP contribution in [0.1, 0.15) is 31.3 Å². The van der Waals surface area contributed by atoms with Gasteiger partial charge in [0.05, 0.1) is 5.69 Å². The summed E-state index contributed by atoms with van der Waals surface area (Å²) in [4.78, 5) is 19.1. The molecule has 2 heterocycles. The van der Waals surface area contributed by atoms with Crippen LogP contribution >= 0.6 is 15.9 Å². The molecule has 17 heavy (non-hydrogen) atoms. The second-order valence-electron chi connectivity index (χ2n) is 4.46. The monoisotopic (exact) mass is 300 g/mol. The average molecular weight is 301 g/mol. The number of hydrogen-bond donors (Lipinski definition) is 1. The van der Waals surface area contributed by atoms with Crippen LogP contribution in [0.4, 0.5) is 0 Å². The Labute approximate surface area is 109 Å². The van der Waals surface area contributed by atoms with Gasteiger partial charge in [0.25, 0.3) is 5.56 Å². The van der Waals surface area contributed by atoms with E-state index in [1.807, 2.05) is 0 Å². The lowest BCUT2D eigenvalue weighted by molar-refractivity contribution is 0.185. The number of halogens is 1. The van der Waals surface area contributed by atoms with Crippen LogP contribution in [0.15, 0.2) is 9.27 Å². The van der Waals surface area contributed by atoms with Crippen molar-refractivity contribution in [3.05, 3.63) is 26.3 Å². The SMILES string of the molecule is CCCc1nc(CC2CCOC2)[nH]c(=O)c1Br. The molecule has 94 valence electrons. The van der Waals surface area contributed by atoms with E-state index in [2.05, 4.69) is 32.8 Å². The number of aromatic nitrogens is 2. The van der Waals surface area contributed by atoms with Gasteiger partial charge in [-0.1, -0.05) is 13.3 Å². The van der Waals surface area contributed by atoms with Crippen LogP contribution in [0.5, 0.6) is 0 Å². The third kappa shape index (κ3) is 3.16. The van der Waals surface area contributed by atoms with Crippen LogP contribution < -0.4 is 5.56 Å². The van der Waals surface area contributed by atoms with E-state index in [1.165, 1.54) is 0 Å². The van der Waals surface area contributed by atoms with Crippen molar-refractivity contribution in [1.82, 2.24) is 9.97 Å². The molecule has 0 bridgehead atoms. The molecule has 0 radical (unpaired) electrons. The Morgan fingerprint density at radius 1 is 1.59 bits per heavy atom. The average Bonchev–Trinajstić information content (AvgIpc) is 2.78. The van der Waals surface area contributed by atoms with Crippen molar-refractivity contribution in [3.63, 3.8) is 0 Å². The summed E-state index contributed by atoms with van der Waals surface area (Å²) in [5, 5.41) is 0. The van der Waals surface area contributed by atoms with Crippen LogP contribution in [-0.4, -0.2) is 23.2 Å². The van der Waals surface area contributed by atoms with Crippen LogP contribution in [0, 0.1) is 5.92 Å². The van der Waals surface area contributed by atoms with Crippen LogP contribution in [-0.2, 0) is 17.6 Å². The van der Waals surface area contributed by atoms with Gasteiger partial charge in [-0.2, -0.15) is 0 Å². The van der Waals surface area contributed by atoms with Crippen molar-refractivity contribution in [3.8, 4) is 0 Å². The fourth-order valence-electron chi connectivity index (χ4n) is 2.07. The highest BCUT2D eigenvalue weighted by Crippen LogP contribution is 2.17. The minimum atomic E-state index is -0.0719. The highest BCUT2D eigenvalue weighted by Gasteiger charge is 2.18. The quantitative estimate of drug-likeness (QED) is 0.926. The molecule has 0 spiro atoms. The topological polar surface area (TPSA) is 55.0 Å². The number of nitrogens with one attached hydrogen (secondary N) is 1. The Hall–Kier alpha value is -0.680. The van der Waals surface area contributed by atoms with Crippen LogP contribution in [0.3, 0.4) is 0 Å². The zero-order chi connectivity index (χ0) is 12.3. The molecule has 1 aromatic rings. The molecule has 1 saturated heterocycles. The molecule has 1 unspecified atom stereocenters. The van der Waals surface area contributed by atoms with Gasteiger partial charge in [-0.05, 0) is 34.7 Å². The Morgan fingerprint density at radius 3 is 3.06 bits per heavy atom. The van der Waals surface area contributed by atoms with Crippen molar-refractivity contribution in [2.45, 2.75) is 32.6 Å². The van der Waals surface area contributed by atoms with E-state index in [9.17, 15) is 4.79 Å². The third-order valence-electron chi connectivity index (χ3n) is 2.97. The van der Waals surface area contributed by atoms with Gasteiger partial charge in [0.1, 0.15) is 10.3 Å². The van der Waals surface area contributed by atoms with Crippen molar-refractivity contribution < 1.29 is 4.74 Å². The Kier molecular flexibility index (Phi) is 4.34. The van der Waals surface area contributed by atoms with E-state index in [-0.39, 0.29) is 5.56 Å². The van der Waals surface area contributed by atoms with E-state index in [1.54, 1.807) is 0 Å². The molecule has 0 amide bonds. The highest BCUT2D eigenvalue weighted by molar-refractivity contribution is 9.10. The Morgan fingerprint density at radius 2 is 2.41 bits per heavy atom. The summed E-state index contributed by atoms with van der Waals surface area (Å²) in [5.74, 6) is 1.28. The van der Waals surface area contributed by atoms with Crippen molar-refractivity contribution in [2.24, 2.45) is 5.92 Å². The van der Waals surface area contributed by atoms with Gasteiger partial charge in [0.15, 0.2) is 0 Å². The predicted molar refractivity (Wildman–Crippen MR) is 69.2 cm³/mol. The number of aromatic amines is 1. The third-order valence-corrected chi connectivity index (χ3v) is 3.79. The summed E-state index contributed by atoms with van der Waals surface area (Å²) in [7, 11) is 0. The van der Waals surface area contributed by atoms with Gasteiger partial charge in [0.2, 0.25) is 0 Å². The van der Waals surface area contributed by atoms with Gasteiger partial charge < -0.3 is 9.72 Å². The maximum absolute atomic E-state index is 11.7. The fourth-order valence-corrected chi connectivity index (χ4v) is 2.46. The van der Waals surface area contributed by atoms with Gasteiger partial charge in [-0.25, -0.2) is 4.98 Å². The molecule has 0 saturated carbocycles. The van der Waals surface area contributed by atoms with Crippen LogP contribution in [0.25, 0.3) is 0 Å². The van der Waals surface area contributed by atoms with E-state index < -0.39 is 0 Å². The summed E-state index contributed by atoms with van der Waals surface area (Å²) in [6.07, 6.45) is 3.68. The maximum Gasteiger partial charge on any atom is 0.265 e. The molecule has 1 atom stereocenters. The molecule has 1 aromatic heterocycles. The van der Waals surface area contributed by atoms with Crippen LogP contribution in [0.2, 0.25) is 0 Å². The van der Waals surface area contributed by atoms with Gasteiger partial charge in [-0.15, -0.1) is 0 Å². The maximum atomic E-state index is 11.7. The first-order valence-corrected chi connectivity index (χ1v) is 6.85. The largest absolute Gasteiger partial charge is 0.381 e. The lowest BCUT2D eigenvalue weighted by Gasteiger charge is -2.09. The van der Waals surface area contributed by atoms with E-state index >= 15 is 0 Å². The Bertz CT molecular complexity index is 439. The number of ether oxygens (including phenoxy) is 1. The molecule has 1 aliphatic heterocycles. The molecular weight excluding hydrogens is 284 g/mol. The second kappa shape index (κ2) is 5.78. The van der Waals surface area contributed by atoms with Crippen molar-refractivity contribution >= 4 is 15.9 Å². The second-order valence-corrected chi connectivity index (χ2v) is 5.25. The van der Waals surface area contributed by atoms with E-state index in [4.69, 9.17) is 4.74 Å². The number of aryl methyl sites for hydroxylation is 1. The molecule has 1 N–H and O–H groups in total. The summed E-state index contributed by atoms with van der Waals surface area (Å²) >= 11 is 3.30. The van der Waals surface area contributed by atoms with E-state index in [0.29, 0.717) is 10.4 Å². The molecule has 0 aliphatic carbocycles. The molecule has 1 aliphatic rings. The van der Waals surface area contributed by atoms with Gasteiger partial charge >= 0.3 is 0 Å². The number of H-pyrrole nitrogens is 1. The number of rotatable bonds is 4. The highest BCUT2D eigenvalue weighted by atomic mass is 79.9. The number of hydrogen-bond acceptors (Lipinski definition) is 3. The Balaban J connectivity index is 2.19. The molecular formula is C12H17BrN2O2. The molecule has 4 nitrogen and oxygen atoms in total. The fraction of sp³-hybridized carbons (Fsp3) is 0.667. The first-order chi connectivity index (χ1) is 8.20.